The van der Waals surface area contributed by atoms with Crippen LogP contribution in [-0.2, 0) is 11.3 Å². The van der Waals surface area contributed by atoms with E-state index >= 15 is 0 Å². The first-order chi connectivity index (χ1) is 10.1. The molecule has 0 bridgehead atoms. The third-order valence-electron chi connectivity index (χ3n) is 4.16. The van der Waals surface area contributed by atoms with Gasteiger partial charge in [-0.3, -0.25) is 4.79 Å². The van der Waals surface area contributed by atoms with Gasteiger partial charge in [0.25, 0.3) is 0 Å². The fraction of sp³-hybridized carbons (Fsp3) is 0.562. The van der Waals surface area contributed by atoms with Crippen molar-refractivity contribution in [2.45, 2.75) is 26.3 Å². The van der Waals surface area contributed by atoms with Crippen molar-refractivity contribution in [2.24, 2.45) is 5.41 Å². The number of ether oxygens (including phenoxy) is 2. The molecular formula is C16H24N2O3. The van der Waals surface area contributed by atoms with E-state index in [0.717, 1.165) is 31.5 Å². The largest absolute Gasteiger partial charge is 0.493 e. The molecular weight excluding hydrogens is 268 g/mol. The van der Waals surface area contributed by atoms with Gasteiger partial charge in [-0.2, -0.15) is 0 Å². The molecule has 1 heterocycles. The average molecular weight is 292 g/mol. The summed E-state index contributed by atoms with van der Waals surface area (Å²) in [4.78, 5) is 12.4. The normalized spacial score (nSPS) is 17.1. The van der Waals surface area contributed by atoms with E-state index in [-0.39, 0.29) is 11.3 Å². The number of hydrogen-bond acceptors (Lipinski definition) is 4. The van der Waals surface area contributed by atoms with Crippen molar-refractivity contribution in [3.63, 3.8) is 0 Å². The highest BCUT2D eigenvalue weighted by Gasteiger charge is 2.34. The monoisotopic (exact) mass is 292 g/mol. The number of nitrogens with one attached hydrogen (secondary N) is 2. The van der Waals surface area contributed by atoms with Crippen molar-refractivity contribution in [3.05, 3.63) is 23.8 Å². The van der Waals surface area contributed by atoms with Crippen LogP contribution in [0, 0.1) is 5.41 Å². The topological polar surface area (TPSA) is 59.6 Å². The number of benzene rings is 1. The Hall–Kier alpha value is -1.75. The van der Waals surface area contributed by atoms with Gasteiger partial charge in [-0.05, 0) is 43.6 Å². The van der Waals surface area contributed by atoms with Gasteiger partial charge in [0.05, 0.1) is 14.2 Å². The van der Waals surface area contributed by atoms with Crippen LogP contribution in [-0.4, -0.2) is 33.2 Å². The van der Waals surface area contributed by atoms with Crippen LogP contribution < -0.4 is 20.1 Å². The third kappa shape index (κ3) is 3.67. The van der Waals surface area contributed by atoms with Crippen molar-refractivity contribution >= 4 is 5.91 Å². The number of carbonyl (C=O) groups excluding carboxylic acids is 1. The molecule has 2 N–H and O–H groups in total. The molecule has 21 heavy (non-hydrogen) atoms. The molecule has 0 saturated carbocycles. The van der Waals surface area contributed by atoms with E-state index in [2.05, 4.69) is 10.6 Å². The molecule has 5 nitrogen and oxygen atoms in total. The number of rotatable bonds is 5. The summed E-state index contributed by atoms with van der Waals surface area (Å²) in [5, 5.41) is 6.32. The summed E-state index contributed by atoms with van der Waals surface area (Å²) in [6.07, 6.45) is 1.76. The van der Waals surface area contributed by atoms with Crippen molar-refractivity contribution in [2.75, 3.05) is 27.3 Å². The molecule has 1 fully saturated rings. The Morgan fingerprint density at radius 3 is 2.52 bits per heavy atom. The molecule has 0 spiro atoms. The minimum Gasteiger partial charge on any atom is -0.493 e. The maximum Gasteiger partial charge on any atom is 0.226 e. The van der Waals surface area contributed by atoms with Gasteiger partial charge < -0.3 is 20.1 Å². The van der Waals surface area contributed by atoms with Gasteiger partial charge in [0.15, 0.2) is 11.5 Å². The lowest BCUT2D eigenvalue weighted by Gasteiger charge is -2.32. The van der Waals surface area contributed by atoms with Crippen LogP contribution in [0.1, 0.15) is 25.3 Å². The van der Waals surface area contributed by atoms with Crippen molar-refractivity contribution in [1.82, 2.24) is 10.6 Å². The molecule has 0 radical (unpaired) electrons. The van der Waals surface area contributed by atoms with Gasteiger partial charge in [0, 0.05) is 12.0 Å². The Morgan fingerprint density at radius 1 is 1.24 bits per heavy atom. The average Bonchev–Trinajstić information content (AvgIpc) is 2.52. The van der Waals surface area contributed by atoms with Crippen LogP contribution in [0.3, 0.4) is 0 Å². The second-order valence-electron chi connectivity index (χ2n) is 5.68. The summed E-state index contributed by atoms with van der Waals surface area (Å²) in [6.45, 7) is 4.35. The highest BCUT2D eigenvalue weighted by Crippen LogP contribution is 2.29. The Balaban J connectivity index is 1.97. The number of methoxy groups -OCH3 is 2. The van der Waals surface area contributed by atoms with Crippen molar-refractivity contribution in [3.8, 4) is 11.5 Å². The fourth-order valence-electron chi connectivity index (χ4n) is 2.59. The predicted molar refractivity (Wildman–Crippen MR) is 81.6 cm³/mol. The number of hydrogen-bond donors (Lipinski definition) is 2. The first-order valence-corrected chi connectivity index (χ1v) is 7.29. The molecule has 1 amide bonds. The summed E-state index contributed by atoms with van der Waals surface area (Å²) in [5.74, 6) is 1.49. The first-order valence-electron chi connectivity index (χ1n) is 7.29. The molecule has 1 aliphatic heterocycles. The smallest absolute Gasteiger partial charge is 0.226 e. The van der Waals surface area contributed by atoms with E-state index in [0.29, 0.717) is 18.0 Å². The van der Waals surface area contributed by atoms with Crippen LogP contribution in [0.5, 0.6) is 11.5 Å². The third-order valence-corrected chi connectivity index (χ3v) is 4.16. The van der Waals surface area contributed by atoms with Gasteiger partial charge in [-0.1, -0.05) is 13.0 Å². The molecule has 116 valence electrons. The van der Waals surface area contributed by atoms with Crippen LogP contribution in [0.15, 0.2) is 18.2 Å². The minimum absolute atomic E-state index is 0.124. The van der Waals surface area contributed by atoms with E-state index in [1.807, 2.05) is 25.1 Å². The zero-order valence-corrected chi connectivity index (χ0v) is 13.0. The fourth-order valence-corrected chi connectivity index (χ4v) is 2.59. The molecule has 1 aromatic rings. The Labute approximate surface area is 126 Å². The maximum atomic E-state index is 12.4. The van der Waals surface area contributed by atoms with Crippen molar-refractivity contribution in [1.29, 1.82) is 0 Å². The van der Waals surface area contributed by atoms with Crippen LogP contribution in [0.25, 0.3) is 0 Å². The molecule has 0 aromatic heterocycles. The van der Waals surface area contributed by atoms with Gasteiger partial charge in [0.2, 0.25) is 5.91 Å². The molecule has 2 rings (SSSR count). The van der Waals surface area contributed by atoms with Gasteiger partial charge in [-0.25, -0.2) is 0 Å². The standard InChI is InChI=1S/C16H24N2O3/c1-16(6-8-17-9-7-16)15(19)18-11-12-4-5-13(20-2)14(10-12)21-3/h4-5,10,17H,6-9,11H2,1-3H3,(H,18,19). The van der Waals surface area contributed by atoms with E-state index < -0.39 is 0 Å². The van der Waals surface area contributed by atoms with Crippen LogP contribution in [0.4, 0.5) is 0 Å². The summed E-state index contributed by atoms with van der Waals surface area (Å²) >= 11 is 0. The number of carbonyl (C=O) groups is 1. The molecule has 0 unspecified atom stereocenters. The lowest BCUT2D eigenvalue weighted by Crippen LogP contribution is -2.45. The predicted octanol–water partition coefficient (Wildman–Crippen LogP) is 1.71. The zero-order chi connectivity index (χ0) is 15.3. The second kappa shape index (κ2) is 6.80. The van der Waals surface area contributed by atoms with E-state index in [9.17, 15) is 4.79 Å². The lowest BCUT2D eigenvalue weighted by atomic mass is 9.80. The van der Waals surface area contributed by atoms with Crippen LogP contribution >= 0.6 is 0 Å². The molecule has 0 aliphatic carbocycles. The molecule has 1 saturated heterocycles. The van der Waals surface area contributed by atoms with Gasteiger partial charge in [0.1, 0.15) is 0 Å². The molecule has 1 aliphatic rings. The first kappa shape index (κ1) is 15.6. The van der Waals surface area contributed by atoms with E-state index in [1.165, 1.54) is 0 Å². The second-order valence-corrected chi connectivity index (χ2v) is 5.68. The maximum absolute atomic E-state index is 12.4. The summed E-state index contributed by atoms with van der Waals surface area (Å²) in [5.41, 5.74) is 0.737. The quantitative estimate of drug-likeness (QED) is 0.867. The van der Waals surface area contributed by atoms with E-state index in [4.69, 9.17) is 9.47 Å². The Morgan fingerprint density at radius 2 is 1.90 bits per heavy atom. The molecule has 5 heteroatoms. The van der Waals surface area contributed by atoms with E-state index in [1.54, 1.807) is 14.2 Å². The van der Waals surface area contributed by atoms with Gasteiger partial charge >= 0.3 is 0 Å². The minimum atomic E-state index is -0.262. The summed E-state index contributed by atoms with van der Waals surface area (Å²) in [6, 6.07) is 5.68. The molecule has 0 atom stereocenters. The lowest BCUT2D eigenvalue weighted by molar-refractivity contribution is -0.131. The number of piperidine rings is 1. The molecule has 1 aromatic carbocycles. The Kier molecular flexibility index (Phi) is 5.07. The van der Waals surface area contributed by atoms with Crippen molar-refractivity contribution < 1.29 is 14.3 Å². The van der Waals surface area contributed by atoms with Crippen LogP contribution in [0.2, 0.25) is 0 Å². The zero-order valence-electron chi connectivity index (χ0n) is 13.0. The highest BCUT2D eigenvalue weighted by atomic mass is 16.5. The number of amides is 1. The Bertz CT molecular complexity index is 496. The van der Waals surface area contributed by atoms with Gasteiger partial charge in [-0.15, -0.1) is 0 Å². The highest BCUT2D eigenvalue weighted by molar-refractivity contribution is 5.82. The summed E-state index contributed by atoms with van der Waals surface area (Å²) in [7, 11) is 3.22. The SMILES string of the molecule is COc1ccc(CNC(=O)C2(C)CCNCC2)cc1OC. The summed E-state index contributed by atoms with van der Waals surface area (Å²) < 4.78 is 10.5.